The molecule has 0 bridgehead atoms. The van der Waals surface area contributed by atoms with E-state index in [0.717, 1.165) is 27.6 Å². The van der Waals surface area contributed by atoms with Gasteiger partial charge in [-0.3, -0.25) is 0 Å². The molecular weight excluding hydrogens is 262 g/mol. The largest absolute Gasteiger partial charge is 0.508 e. The number of halogens is 1. The van der Waals surface area contributed by atoms with Crippen molar-refractivity contribution >= 4 is 17.3 Å². The molecule has 2 aromatic rings. The topological polar surface area (TPSA) is 41.5 Å². The maximum Gasteiger partial charge on any atom is 0.120 e. The summed E-state index contributed by atoms with van der Waals surface area (Å²) in [6.07, 6.45) is 0. The first-order valence-electron chi connectivity index (χ1n) is 5.96. The Morgan fingerprint density at radius 3 is 2.68 bits per heavy atom. The van der Waals surface area contributed by atoms with E-state index in [4.69, 9.17) is 16.3 Å². The van der Waals surface area contributed by atoms with E-state index in [1.807, 2.05) is 25.1 Å². The van der Waals surface area contributed by atoms with Gasteiger partial charge in [0.1, 0.15) is 11.5 Å². The fourth-order valence-electron chi connectivity index (χ4n) is 1.73. The fraction of sp³-hybridized carbons (Fsp3) is 0.200. The molecule has 0 heterocycles. The molecule has 2 rings (SSSR count). The summed E-state index contributed by atoms with van der Waals surface area (Å²) < 4.78 is 5.14. The lowest BCUT2D eigenvalue weighted by molar-refractivity contribution is 0.411. The number of phenols is 1. The fourth-order valence-corrected chi connectivity index (χ4v) is 1.91. The summed E-state index contributed by atoms with van der Waals surface area (Å²) in [6.45, 7) is 2.46. The van der Waals surface area contributed by atoms with Crippen LogP contribution in [0.5, 0.6) is 11.5 Å². The first-order valence-corrected chi connectivity index (χ1v) is 6.34. The van der Waals surface area contributed by atoms with E-state index in [9.17, 15) is 5.11 Å². The van der Waals surface area contributed by atoms with Crippen molar-refractivity contribution in [1.29, 1.82) is 0 Å². The molecule has 4 heteroatoms. The molecule has 0 atom stereocenters. The van der Waals surface area contributed by atoms with E-state index in [2.05, 4.69) is 5.32 Å². The van der Waals surface area contributed by atoms with Gasteiger partial charge < -0.3 is 15.2 Å². The number of hydrogen-bond acceptors (Lipinski definition) is 3. The summed E-state index contributed by atoms with van der Waals surface area (Å²) in [7, 11) is 1.60. The number of nitrogens with one attached hydrogen (secondary N) is 1. The van der Waals surface area contributed by atoms with Crippen LogP contribution < -0.4 is 10.1 Å². The van der Waals surface area contributed by atoms with Crippen LogP contribution in [0.1, 0.15) is 11.1 Å². The van der Waals surface area contributed by atoms with Gasteiger partial charge in [-0.25, -0.2) is 0 Å². The van der Waals surface area contributed by atoms with Gasteiger partial charge in [0.15, 0.2) is 0 Å². The minimum absolute atomic E-state index is 0.242. The average molecular weight is 278 g/mol. The van der Waals surface area contributed by atoms with Crippen LogP contribution in [-0.2, 0) is 6.54 Å². The molecule has 0 amide bonds. The van der Waals surface area contributed by atoms with Crippen molar-refractivity contribution in [1.82, 2.24) is 0 Å². The number of methoxy groups -OCH3 is 1. The van der Waals surface area contributed by atoms with Crippen LogP contribution in [-0.4, -0.2) is 12.2 Å². The number of aryl methyl sites for hydroxylation is 1. The molecule has 2 aromatic carbocycles. The van der Waals surface area contributed by atoms with E-state index < -0.39 is 0 Å². The van der Waals surface area contributed by atoms with Crippen LogP contribution in [0.2, 0.25) is 5.02 Å². The van der Waals surface area contributed by atoms with Crippen molar-refractivity contribution in [3.63, 3.8) is 0 Å². The second kappa shape index (κ2) is 5.85. The third-order valence-corrected chi connectivity index (χ3v) is 3.35. The molecule has 2 N–H and O–H groups in total. The number of rotatable bonds is 4. The number of anilines is 1. The van der Waals surface area contributed by atoms with E-state index in [-0.39, 0.29) is 5.75 Å². The van der Waals surface area contributed by atoms with Crippen LogP contribution in [0.4, 0.5) is 5.69 Å². The van der Waals surface area contributed by atoms with E-state index in [0.29, 0.717) is 6.54 Å². The van der Waals surface area contributed by atoms with Gasteiger partial charge in [0, 0.05) is 22.8 Å². The summed E-state index contributed by atoms with van der Waals surface area (Å²) in [5, 5.41) is 13.7. The third kappa shape index (κ3) is 3.32. The minimum Gasteiger partial charge on any atom is -0.508 e. The zero-order valence-corrected chi connectivity index (χ0v) is 11.7. The molecule has 0 aromatic heterocycles. The Morgan fingerprint density at radius 2 is 2.00 bits per heavy atom. The standard InChI is InChI=1S/C15H16ClNO2/c1-10-3-4-12(8-14(10)16)17-9-11-7-13(19-2)5-6-15(11)18/h3-8,17-18H,9H2,1-2H3. The highest BCUT2D eigenvalue weighted by molar-refractivity contribution is 6.31. The summed E-state index contributed by atoms with van der Waals surface area (Å²) in [5.74, 6) is 0.961. The van der Waals surface area contributed by atoms with E-state index in [1.165, 1.54) is 0 Å². The number of hydrogen-bond donors (Lipinski definition) is 2. The van der Waals surface area contributed by atoms with Crippen molar-refractivity contribution < 1.29 is 9.84 Å². The average Bonchev–Trinajstić information content (AvgIpc) is 2.41. The zero-order valence-electron chi connectivity index (χ0n) is 10.9. The SMILES string of the molecule is COc1ccc(O)c(CNc2ccc(C)c(Cl)c2)c1. The van der Waals surface area contributed by atoms with Crippen LogP contribution in [0.15, 0.2) is 36.4 Å². The lowest BCUT2D eigenvalue weighted by Gasteiger charge is -2.10. The smallest absolute Gasteiger partial charge is 0.120 e. The van der Waals surface area contributed by atoms with Gasteiger partial charge in [-0.1, -0.05) is 17.7 Å². The Balaban J connectivity index is 2.11. The molecule has 3 nitrogen and oxygen atoms in total. The number of ether oxygens (including phenoxy) is 1. The predicted molar refractivity (Wildman–Crippen MR) is 78.2 cm³/mol. The minimum atomic E-state index is 0.242. The molecule has 0 aliphatic rings. The first-order chi connectivity index (χ1) is 9.10. The second-order valence-corrected chi connectivity index (χ2v) is 4.72. The molecular formula is C15H16ClNO2. The van der Waals surface area contributed by atoms with Gasteiger partial charge >= 0.3 is 0 Å². The highest BCUT2D eigenvalue weighted by atomic mass is 35.5. The molecule has 0 radical (unpaired) electrons. The molecule has 0 saturated carbocycles. The quantitative estimate of drug-likeness (QED) is 0.888. The van der Waals surface area contributed by atoms with Crippen LogP contribution in [0.25, 0.3) is 0 Å². The summed E-state index contributed by atoms with van der Waals surface area (Å²) in [6, 6.07) is 10.9. The van der Waals surface area contributed by atoms with Gasteiger partial charge in [-0.15, -0.1) is 0 Å². The molecule has 0 unspecified atom stereocenters. The van der Waals surface area contributed by atoms with Crippen LogP contribution >= 0.6 is 11.6 Å². The Kier molecular flexibility index (Phi) is 4.17. The second-order valence-electron chi connectivity index (χ2n) is 4.31. The molecule has 0 spiro atoms. The number of aromatic hydroxyl groups is 1. The predicted octanol–water partition coefficient (Wildman–Crippen LogP) is 3.97. The van der Waals surface area contributed by atoms with Gasteiger partial charge in [0.25, 0.3) is 0 Å². The third-order valence-electron chi connectivity index (χ3n) is 2.94. The molecule has 19 heavy (non-hydrogen) atoms. The van der Waals surface area contributed by atoms with Crippen molar-refractivity contribution in [2.24, 2.45) is 0 Å². The Hall–Kier alpha value is -1.87. The van der Waals surface area contributed by atoms with Crippen LogP contribution in [0.3, 0.4) is 0 Å². The lowest BCUT2D eigenvalue weighted by atomic mass is 10.1. The molecule has 0 aliphatic carbocycles. The van der Waals surface area contributed by atoms with Gasteiger partial charge in [0.2, 0.25) is 0 Å². The molecule has 0 saturated heterocycles. The van der Waals surface area contributed by atoms with Crippen molar-refractivity contribution in [2.45, 2.75) is 13.5 Å². The van der Waals surface area contributed by atoms with Crippen molar-refractivity contribution in [2.75, 3.05) is 12.4 Å². The van der Waals surface area contributed by atoms with Gasteiger partial charge in [-0.05, 0) is 42.8 Å². The maximum absolute atomic E-state index is 9.79. The normalized spacial score (nSPS) is 10.3. The first kappa shape index (κ1) is 13.6. The number of phenolic OH excluding ortho intramolecular Hbond substituents is 1. The van der Waals surface area contributed by atoms with Crippen molar-refractivity contribution in [3.8, 4) is 11.5 Å². The summed E-state index contributed by atoms with van der Waals surface area (Å²) in [5.41, 5.74) is 2.73. The van der Waals surface area contributed by atoms with Crippen molar-refractivity contribution in [3.05, 3.63) is 52.5 Å². The van der Waals surface area contributed by atoms with Gasteiger partial charge in [-0.2, -0.15) is 0 Å². The Bertz CT molecular complexity index is 584. The van der Waals surface area contributed by atoms with E-state index in [1.54, 1.807) is 25.3 Å². The monoisotopic (exact) mass is 277 g/mol. The van der Waals surface area contributed by atoms with Crippen LogP contribution in [0, 0.1) is 6.92 Å². The molecule has 0 fully saturated rings. The summed E-state index contributed by atoms with van der Waals surface area (Å²) in [4.78, 5) is 0. The van der Waals surface area contributed by atoms with Gasteiger partial charge in [0.05, 0.1) is 7.11 Å². The highest BCUT2D eigenvalue weighted by Gasteiger charge is 2.04. The molecule has 0 aliphatic heterocycles. The summed E-state index contributed by atoms with van der Waals surface area (Å²) >= 11 is 6.07. The lowest BCUT2D eigenvalue weighted by Crippen LogP contribution is -2.00. The maximum atomic E-state index is 9.79. The Labute approximate surface area is 117 Å². The zero-order chi connectivity index (χ0) is 13.8. The number of benzene rings is 2. The Morgan fingerprint density at radius 1 is 1.21 bits per heavy atom. The van der Waals surface area contributed by atoms with E-state index >= 15 is 0 Å². The molecule has 100 valence electrons. The highest BCUT2D eigenvalue weighted by Crippen LogP contribution is 2.25.